The summed E-state index contributed by atoms with van der Waals surface area (Å²) in [6.07, 6.45) is 5.15. The molecule has 26 heavy (non-hydrogen) atoms. The first-order valence-corrected chi connectivity index (χ1v) is 8.94. The van der Waals surface area contributed by atoms with Gasteiger partial charge in [-0.25, -0.2) is 4.98 Å². The molecule has 1 aliphatic heterocycles. The Bertz CT molecular complexity index is 773. The lowest BCUT2D eigenvalue weighted by Crippen LogP contribution is -2.35. The first-order valence-electron chi connectivity index (χ1n) is 8.94. The third-order valence-electron chi connectivity index (χ3n) is 5.71. The highest BCUT2D eigenvalue weighted by molar-refractivity contribution is 5.34. The van der Waals surface area contributed by atoms with Crippen LogP contribution >= 0.6 is 0 Å². The number of hydrogen-bond acceptors (Lipinski definition) is 7. The molecule has 3 heterocycles. The van der Waals surface area contributed by atoms with E-state index in [-0.39, 0.29) is 11.9 Å². The molecule has 0 spiro atoms. The molecule has 1 saturated heterocycles. The average molecular weight is 356 g/mol. The molecular formula is C19H24N4O3. The zero-order valence-corrected chi connectivity index (χ0v) is 15.1. The van der Waals surface area contributed by atoms with E-state index in [1.165, 1.54) is 7.11 Å². The van der Waals surface area contributed by atoms with Crippen molar-refractivity contribution in [2.75, 3.05) is 27.3 Å². The molecule has 0 amide bonds. The van der Waals surface area contributed by atoms with Gasteiger partial charge in [-0.3, -0.25) is 9.88 Å². The van der Waals surface area contributed by atoms with E-state index < -0.39 is 5.60 Å². The van der Waals surface area contributed by atoms with Crippen LogP contribution in [0.15, 0.2) is 30.6 Å². The third kappa shape index (κ3) is 2.91. The SMILES string of the molecule is COc1ncc([C@]2(O)CC[C@H]3CN(Cc4ccccn4)C[C@H]32)c(OC)n1. The second kappa shape index (κ2) is 6.81. The Labute approximate surface area is 153 Å². The Morgan fingerprint density at radius 2 is 2.12 bits per heavy atom. The van der Waals surface area contributed by atoms with Crippen LogP contribution < -0.4 is 9.47 Å². The van der Waals surface area contributed by atoms with Gasteiger partial charge in [-0.1, -0.05) is 6.07 Å². The highest BCUT2D eigenvalue weighted by Gasteiger charge is 2.53. The lowest BCUT2D eigenvalue weighted by Gasteiger charge is -2.31. The molecule has 2 aromatic rings. The van der Waals surface area contributed by atoms with Crippen LogP contribution in [0.2, 0.25) is 0 Å². The molecule has 138 valence electrons. The normalized spacial score (nSPS) is 28.1. The summed E-state index contributed by atoms with van der Waals surface area (Å²) in [7, 11) is 3.07. The predicted octanol–water partition coefficient (Wildman–Crippen LogP) is 1.62. The number of likely N-dealkylation sites (tertiary alicyclic amines) is 1. The highest BCUT2D eigenvalue weighted by atomic mass is 16.5. The number of rotatable bonds is 5. The lowest BCUT2D eigenvalue weighted by molar-refractivity contribution is -0.00976. The number of hydrogen-bond donors (Lipinski definition) is 1. The molecule has 1 N–H and O–H groups in total. The molecule has 4 rings (SSSR count). The van der Waals surface area contributed by atoms with E-state index in [9.17, 15) is 5.11 Å². The van der Waals surface area contributed by atoms with E-state index in [0.717, 1.165) is 31.7 Å². The Hall–Kier alpha value is -2.25. The van der Waals surface area contributed by atoms with Gasteiger partial charge in [0, 0.05) is 37.9 Å². The highest BCUT2D eigenvalue weighted by Crippen LogP contribution is 2.52. The summed E-state index contributed by atoms with van der Waals surface area (Å²) in [6, 6.07) is 6.22. The smallest absolute Gasteiger partial charge is 0.319 e. The molecule has 3 atom stereocenters. The minimum absolute atomic E-state index is 0.136. The molecule has 1 saturated carbocycles. The van der Waals surface area contributed by atoms with Crippen molar-refractivity contribution in [2.24, 2.45) is 11.8 Å². The average Bonchev–Trinajstić information content (AvgIpc) is 3.22. The fourth-order valence-electron chi connectivity index (χ4n) is 4.47. The van der Waals surface area contributed by atoms with Crippen LogP contribution in [0.3, 0.4) is 0 Å². The zero-order valence-electron chi connectivity index (χ0n) is 15.1. The standard InChI is InChI=1S/C19H24N4O3/c1-25-17-15(9-21-18(22-17)26-2)19(24)7-6-13-10-23(12-16(13)19)11-14-5-3-4-8-20-14/h3-5,8-9,13,16,24H,6-7,10-12H2,1-2H3/t13-,16+,19+/m0/s1. The maximum absolute atomic E-state index is 11.5. The van der Waals surface area contributed by atoms with Gasteiger partial charge < -0.3 is 14.6 Å². The summed E-state index contributed by atoms with van der Waals surface area (Å²) in [5, 5.41) is 11.5. The van der Waals surface area contributed by atoms with Crippen molar-refractivity contribution >= 4 is 0 Å². The number of fused-ring (bicyclic) bond motifs is 1. The predicted molar refractivity (Wildman–Crippen MR) is 94.8 cm³/mol. The summed E-state index contributed by atoms with van der Waals surface area (Å²) in [5.41, 5.74) is 0.746. The van der Waals surface area contributed by atoms with Gasteiger partial charge in [-0.05, 0) is 30.9 Å². The van der Waals surface area contributed by atoms with Crippen molar-refractivity contribution in [1.82, 2.24) is 19.9 Å². The van der Waals surface area contributed by atoms with Gasteiger partial charge in [0.25, 0.3) is 0 Å². The molecule has 7 heteroatoms. The summed E-state index contributed by atoms with van der Waals surface area (Å²) >= 11 is 0. The topological polar surface area (TPSA) is 80.6 Å². The second-order valence-corrected chi connectivity index (χ2v) is 7.12. The molecule has 0 radical (unpaired) electrons. The maximum Gasteiger partial charge on any atom is 0.319 e. The van der Waals surface area contributed by atoms with Crippen molar-refractivity contribution in [3.8, 4) is 11.9 Å². The maximum atomic E-state index is 11.5. The summed E-state index contributed by atoms with van der Waals surface area (Å²) in [5.74, 6) is 0.982. The van der Waals surface area contributed by atoms with Gasteiger partial charge in [0.2, 0.25) is 5.88 Å². The fraction of sp³-hybridized carbons (Fsp3) is 0.526. The van der Waals surface area contributed by atoms with E-state index in [1.54, 1.807) is 13.3 Å². The molecule has 2 fully saturated rings. The van der Waals surface area contributed by atoms with Gasteiger partial charge >= 0.3 is 6.01 Å². The summed E-state index contributed by atoms with van der Waals surface area (Å²) in [6.45, 7) is 2.61. The van der Waals surface area contributed by atoms with Gasteiger partial charge in [-0.15, -0.1) is 0 Å². The first kappa shape index (κ1) is 17.2. The van der Waals surface area contributed by atoms with E-state index >= 15 is 0 Å². The van der Waals surface area contributed by atoms with Crippen LogP contribution in [0.5, 0.6) is 11.9 Å². The zero-order chi connectivity index (χ0) is 18.1. The quantitative estimate of drug-likeness (QED) is 0.872. The molecule has 2 aliphatic rings. The Balaban J connectivity index is 1.57. The minimum Gasteiger partial charge on any atom is -0.481 e. The van der Waals surface area contributed by atoms with Crippen LogP contribution in [0.1, 0.15) is 24.1 Å². The summed E-state index contributed by atoms with van der Waals surface area (Å²) in [4.78, 5) is 15.3. The lowest BCUT2D eigenvalue weighted by atomic mass is 9.83. The summed E-state index contributed by atoms with van der Waals surface area (Å²) < 4.78 is 10.5. The Kier molecular flexibility index (Phi) is 4.50. The van der Waals surface area contributed by atoms with Crippen molar-refractivity contribution in [3.05, 3.63) is 41.9 Å². The molecule has 7 nitrogen and oxygen atoms in total. The van der Waals surface area contributed by atoms with Crippen LogP contribution in [0, 0.1) is 11.8 Å². The van der Waals surface area contributed by atoms with E-state index in [2.05, 4.69) is 19.9 Å². The van der Waals surface area contributed by atoms with Crippen LogP contribution in [-0.4, -0.2) is 52.3 Å². The van der Waals surface area contributed by atoms with Crippen LogP contribution in [0.4, 0.5) is 0 Å². The number of pyridine rings is 1. The van der Waals surface area contributed by atoms with E-state index in [1.807, 2.05) is 24.4 Å². The van der Waals surface area contributed by atoms with Gasteiger partial charge in [0.15, 0.2) is 0 Å². The van der Waals surface area contributed by atoms with E-state index in [0.29, 0.717) is 23.8 Å². The first-order chi connectivity index (χ1) is 12.6. The van der Waals surface area contributed by atoms with Crippen molar-refractivity contribution in [1.29, 1.82) is 0 Å². The molecular weight excluding hydrogens is 332 g/mol. The van der Waals surface area contributed by atoms with Crippen LogP contribution in [0.25, 0.3) is 0 Å². The van der Waals surface area contributed by atoms with Gasteiger partial charge in [0.1, 0.15) is 5.60 Å². The number of methoxy groups -OCH3 is 2. The molecule has 1 aliphatic carbocycles. The second-order valence-electron chi connectivity index (χ2n) is 7.12. The largest absolute Gasteiger partial charge is 0.481 e. The van der Waals surface area contributed by atoms with Crippen molar-refractivity contribution in [2.45, 2.75) is 25.0 Å². The minimum atomic E-state index is -0.971. The van der Waals surface area contributed by atoms with Gasteiger partial charge in [-0.2, -0.15) is 4.98 Å². The van der Waals surface area contributed by atoms with E-state index in [4.69, 9.17) is 9.47 Å². The van der Waals surface area contributed by atoms with Crippen LogP contribution in [-0.2, 0) is 12.1 Å². The number of ether oxygens (including phenoxy) is 2. The fourth-order valence-corrected chi connectivity index (χ4v) is 4.47. The monoisotopic (exact) mass is 356 g/mol. The number of aromatic nitrogens is 3. The molecule has 0 unspecified atom stereocenters. The van der Waals surface area contributed by atoms with Crippen molar-refractivity contribution < 1.29 is 14.6 Å². The third-order valence-corrected chi connectivity index (χ3v) is 5.71. The molecule has 0 aromatic carbocycles. The Morgan fingerprint density at radius 3 is 2.85 bits per heavy atom. The Morgan fingerprint density at radius 1 is 1.23 bits per heavy atom. The molecule has 2 aromatic heterocycles. The molecule has 0 bridgehead atoms. The van der Waals surface area contributed by atoms with Gasteiger partial charge in [0.05, 0.1) is 25.5 Å². The van der Waals surface area contributed by atoms with Crippen molar-refractivity contribution in [3.63, 3.8) is 0 Å². The number of aliphatic hydroxyl groups is 1. The number of nitrogens with zero attached hydrogens (tertiary/aromatic N) is 4.